The molecule has 5 heteroatoms. The molecule has 0 radical (unpaired) electrons. The molecule has 1 aliphatic heterocycles. The molecule has 1 heterocycles. The van der Waals surface area contributed by atoms with E-state index in [0.29, 0.717) is 12.5 Å². The zero-order chi connectivity index (χ0) is 16.8. The zero-order valence-electron chi connectivity index (χ0n) is 13.7. The molecule has 1 fully saturated rings. The highest BCUT2D eigenvalue weighted by atomic mass is 35.5. The molecule has 4 nitrogen and oxygen atoms in total. The number of nitrogens with one attached hydrogen (secondary N) is 2. The maximum atomic E-state index is 9.41. The van der Waals surface area contributed by atoms with Crippen LogP contribution >= 0.6 is 11.6 Å². The van der Waals surface area contributed by atoms with Crippen LogP contribution in [0.2, 0.25) is 5.02 Å². The Morgan fingerprint density at radius 1 is 1.08 bits per heavy atom. The van der Waals surface area contributed by atoms with Crippen LogP contribution in [-0.4, -0.2) is 36.2 Å². The fourth-order valence-electron chi connectivity index (χ4n) is 3.28. The molecule has 1 saturated heterocycles. The van der Waals surface area contributed by atoms with Crippen molar-refractivity contribution in [3.8, 4) is 0 Å². The number of nitrogens with zero attached hydrogens (tertiary/aromatic N) is 1. The number of rotatable bonds is 7. The molecule has 3 N–H and O–H groups in total. The Morgan fingerprint density at radius 2 is 1.83 bits per heavy atom. The number of aliphatic hydroxyl groups is 1. The summed E-state index contributed by atoms with van der Waals surface area (Å²) in [4.78, 5) is 2.32. The van der Waals surface area contributed by atoms with Crippen molar-refractivity contribution in [2.75, 3.05) is 26.2 Å². The summed E-state index contributed by atoms with van der Waals surface area (Å²) in [6, 6.07) is 18.7. The number of halogens is 1. The monoisotopic (exact) mass is 345 g/mol. The highest BCUT2D eigenvalue weighted by Crippen LogP contribution is 2.27. The van der Waals surface area contributed by atoms with E-state index in [9.17, 15) is 5.11 Å². The number of hydrogen-bond donors (Lipinski definition) is 3. The van der Waals surface area contributed by atoms with E-state index in [2.05, 4.69) is 52.1 Å². The summed E-state index contributed by atoms with van der Waals surface area (Å²) in [5.41, 5.74) is 9.15. The molecule has 0 saturated carbocycles. The molecular weight excluding hydrogens is 322 g/mol. The summed E-state index contributed by atoms with van der Waals surface area (Å²) < 4.78 is 0. The molecule has 128 valence electrons. The smallest absolute Gasteiger partial charge is 0.0558 e. The van der Waals surface area contributed by atoms with Crippen molar-refractivity contribution >= 4 is 11.6 Å². The van der Waals surface area contributed by atoms with Gasteiger partial charge in [-0.3, -0.25) is 10.3 Å². The fourth-order valence-corrected chi connectivity index (χ4v) is 3.41. The van der Waals surface area contributed by atoms with E-state index < -0.39 is 0 Å². The Balaban J connectivity index is 1.67. The van der Waals surface area contributed by atoms with Crippen molar-refractivity contribution < 1.29 is 5.11 Å². The van der Waals surface area contributed by atoms with Gasteiger partial charge in [-0.1, -0.05) is 54.1 Å². The fraction of sp³-hybridized carbons (Fsp3) is 0.368. The highest BCUT2D eigenvalue weighted by molar-refractivity contribution is 6.30. The molecule has 0 amide bonds. The van der Waals surface area contributed by atoms with Crippen LogP contribution in [-0.2, 0) is 6.54 Å². The van der Waals surface area contributed by atoms with Gasteiger partial charge in [0.1, 0.15) is 0 Å². The zero-order valence-corrected chi connectivity index (χ0v) is 14.4. The maximum absolute atomic E-state index is 9.41. The van der Waals surface area contributed by atoms with E-state index in [-0.39, 0.29) is 12.6 Å². The van der Waals surface area contributed by atoms with Gasteiger partial charge in [-0.15, -0.1) is 0 Å². The molecule has 2 aromatic carbocycles. The molecule has 1 aliphatic rings. The standard InChI is InChI=1S/C19H24ClN3O/c20-18-8-6-16(7-9-18)19-17(12-21-22-19)14-23(10-11-24)13-15-4-2-1-3-5-15/h1-9,17,19,21-22,24H,10-14H2. The first-order valence-corrected chi connectivity index (χ1v) is 8.75. The lowest BCUT2D eigenvalue weighted by molar-refractivity contribution is 0.167. The molecular formula is C19H24ClN3O. The van der Waals surface area contributed by atoms with Gasteiger partial charge in [0.15, 0.2) is 0 Å². The first-order chi connectivity index (χ1) is 11.8. The molecule has 3 rings (SSSR count). The van der Waals surface area contributed by atoms with Gasteiger partial charge < -0.3 is 5.11 Å². The Bertz CT molecular complexity index is 620. The minimum absolute atomic E-state index is 0.173. The minimum Gasteiger partial charge on any atom is -0.395 e. The summed E-state index contributed by atoms with van der Waals surface area (Å²) in [6.07, 6.45) is 0. The van der Waals surface area contributed by atoms with Gasteiger partial charge in [0, 0.05) is 37.1 Å². The Labute approximate surface area is 148 Å². The number of hydrazine groups is 1. The SMILES string of the molecule is OCCN(Cc1ccccc1)CC1CNNC1c1ccc(Cl)cc1. The van der Waals surface area contributed by atoms with E-state index in [4.69, 9.17) is 11.6 Å². The average Bonchev–Trinajstić information content (AvgIpc) is 3.05. The first-order valence-electron chi connectivity index (χ1n) is 8.37. The molecule has 0 bridgehead atoms. The van der Waals surface area contributed by atoms with Crippen LogP contribution < -0.4 is 10.9 Å². The van der Waals surface area contributed by atoms with Crippen LogP contribution in [0.15, 0.2) is 54.6 Å². The van der Waals surface area contributed by atoms with Crippen molar-refractivity contribution in [3.63, 3.8) is 0 Å². The van der Waals surface area contributed by atoms with Crippen molar-refractivity contribution in [1.29, 1.82) is 0 Å². The predicted molar refractivity (Wildman–Crippen MR) is 97.6 cm³/mol. The number of aliphatic hydroxyl groups excluding tert-OH is 1. The largest absolute Gasteiger partial charge is 0.395 e. The van der Waals surface area contributed by atoms with Gasteiger partial charge in [0.05, 0.1) is 12.6 Å². The molecule has 2 aromatic rings. The van der Waals surface area contributed by atoms with Gasteiger partial charge in [0.2, 0.25) is 0 Å². The third kappa shape index (κ3) is 4.56. The third-order valence-corrected chi connectivity index (χ3v) is 4.73. The van der Waals surface area contributed by atoms with E-state index in [1.54, 1.807) is 0 Å². The second kappa shape index (κ2) is 8.60. The second-order valence-electron chi connectivity index (χ2n) is 6.26. The molecule has 0 aliphatic carbocycles. The van der Waals surface area contributed by atoms with Crippen LogP contribution in [0.3, 0.4) is 0 Å². The summed E-state index contributed by atoms with van der Waals surface area (Å²) in [5, 5.41) is 10.2. The van der Waals surface area contributed by atoms with Crippen molar-refractivity contribution in [3.05, 3.63) is 70.7 Å². The van der Waals surface area contributed by atoms with Gasteiger partial charge in [-0.05, 0) is 23.3 Å². The quantitative estimate of drug-likeness (QED) is 0.722. The van der Waals surface area contributed by atoms with Gasteiger partial charge >= 0.3 is 0 Å². The average molecular weight is 346 g/mol. The summed E-state index contributed by atoms with van der Waals surface area (Å²) in [7, 11) is 0. The predicted octanol–water partition coefficient (Wildman–Crippen LogP) is 2.60. The summed E-state index contributed by atoms with van der Waals surface area (Å²) in [5.74, 6) is 0.432. The van der Waals surface area contributed by atoms with Crippen molar-refractivity contribution in [2.24, 2.45) is 5.92 Å². The van der Waals surface area contributed by atoms with Crippen molar-refractivity contribution in [2.45, 2.75) is 12.6 Å². The van der Waals surface area contributed by atoms with Crippen molar-refractivity contribution in [1.82, 2.24) is 15.8 Å². The third-order valence-electron chi connectivity index (χ3n) is 4.48. The lowest BCUT2D eigenvalue weighted by Crippen LogP contribution is -2.34. The Kier molecular flexibility index (Phi) is 6.24. The minimum atomic E-state index is 0.173. The molecule has 0 aromatic heterocycles. The molecule has 2 unspecified atom stereocenters. The van der Waals surface area contributed by atoms with Crippen LogP contribution in [0.25, 0.3) is 0 Å². The van der Waals surface area contributed by atoms with Crippen LogP contribution in [0.1, 0.15) is 17.2 Å². The van der Waals surface area contributed by atoms with Gasteiger partial charge in [-0.2, -0.15) is 0 Å². The highest BCUT2D eigenvalue weighted by Gasteiger charge is 2.29. The summed E-state index contributed by atoms with van der Waals surface area (Å²) >= 11 is 6.00. The lowest BCUT2D eigenvalue weighted by Gasteiger charge is -2.27. The number of hydrogen-bond acceptors (Lipinski definition) is 4. The van der Waals surface area contributed by atoms with Gasteiger partial charge in [-0.25, -0.2) is 5.43 Å². The van der Waals surface area contributed by atoms with Gasteiger partial charge in [0.25, 0.3) is 0 Å². The van der Waals surface area contributed by atoms with E-state index in [0.717, 1.165) is 24.7 Å². The maximum Gasteiger partial charge on any atom is 0.0558 e. The molecule has 0 spiro atoms. The van der Waals surface area contributed by atoms with Crippen LogP contribution in [0.4, 0.5) is 0 Å². The molecule has 2 atom stereocenters. The second-order valence-corrected chi connectivity index (χ2v) is 6.70. The topological polar surface area (TPSA) is 47.5 Å². The van der Waals surface area contributed by atoms with E-state index >= 15 is 0 Å². The Morgan fingerprint density at radius 3 is 2.54 bits per heavy atom. The van der Waals surface area contributed by atoms with E-state index in [1.807, 2.05) is 18.2 Å². The normalized spacial score (nSPS) is 20.6. The first kappa shape index (κ1) is 17.4. The van der Waals surface area contributed by atoms with E-state index in [1.165, 1.54) is 11.1 Å². The lowest BCUT2D eigenvalue weighted by atomic mass is 9.94. The van der Waals surface area contributed by atoms with Crippen LogP contribution in [0, 0.1) is 5.92 Å². The molecule has 24 heavy (non-hydrogen) atoms. The Hall–Kier alpha value is -1.43. The number of benzene rings is 2. The summed E-state index contributed by atoms with van der Waals surface area (Å²) in [6.45, 7) is 3.53. The van der Waals surface area contributed by atoms with Crippen LogP contribution in [0.5, 0.6) is 0 Å².